The van der Waals surface area contributed by atoms with Gasteiger partial charge in [-0.05, 0) is 66.8 Å². The van der Waals surface area contributed by atoms with Gasteiger partial charge >= 0.3 is 6.18 Å². The van der Waals surface area contributed by atoms with Gasteiger partial charge < -0.3 is 20.1 Å². The number of rotatable bonds is 6. The molecule has 2 aromatic carbocycles. The van der Waals surface area contributed by atoms with Gasteiger partial charge in [-0.15, -0.1) is 0 Å². The van der Waals surface area contributed by atoms with Gasteiger partial charge in [0, 0.05) is 29.5 Å². The second-order valence-electron chi connectivity index (χ2n) is 8.52. The fraction of sp³-hybridized carbons (Fsp3) is 0.148. The fourth-order valence-electron chi connectivity index (χ4n) is 4.48. The number of alkyl halides is 3. The molecule has 6 nitrogen and oxygen atoms in total. The highest BCUT2D eigenvalue weighted by atomic mass is 32.1. The Hall–Kier alpha value is -4.18. The van der Waals surface area contributed by atoms with Crippen LogP contribution >= 0.6 is 12.2 Å². The van der Waals surface area contributed by atoms with Crippen LogP contribution in [0.2, 0.25) is 0 Å². The number of hydrogen-bond acceptors (Lipinski definition) is 3. The van der Waals surface area contributed by atoms with Gasteiger partial charge in [-0.3, -0.25) is 9.78 Å². The summed E-state index contributed by atoms with van der Waals surface area (Å²) in [6.45, 7) is -0.0670. The van der Waals surface area contributed by atoms with E-state index in [1.165, 1.54) is 6.07 Å². The Morgan fingerprint density at radius 2 is 1.78 bits per heavy atom. The van der Waals surface area contributed by atoms with E-state index in [0.717, 1.165) is 12.1 Å². The highest BCUT2D eigenvalue weighted by Gasteiger charge is 2.42. The normalized spacial score (nSPS) is 17.5. The Labute approximate surface area is 216 Å². The molecule has 1 fully saturated rings. The summed E-state index contributed by atoms with van der Waals surface area (Å²) in [5.41, 5.74) is 1.61. The number of nitrogens with zero attached hydrogens (tertiary/aromatic N) is 3. The standard InChI is InChI=1S/C27H22F3N5OS/c28-27(29,30)18-8-6-11-20(16-18)34-15-7-13-22(34)25-24(21-12-4-5-14-31-21)33-26(37)35(25)17-23(36)32-19-9-2-1-3-10-19/h1-16,24-25H,17H2,(H,32,36)(H,33,37)/t24-,25+/m0/s1. The summed E-state index contributed by atoms with van der Waals surface area (Å²) in [6, 6.07) is 22.3. The van der Waals surface area contributed by atoms with Crippen LogP contribution in [0.25, 0.3) is 5.69 Å². The van der Waals surface area contributed by atoms with Crippen molar-refractivity contribution in [2.24, 2.45) is 0 Å². The molecule has 0 spiro atoms. The summed E-state index contributed by atoms with van der Waals surface area (Å²) in [5, 5.41) is 6.48. The molecule has 2 aromatic heterocycles. The van der Waals surface area contributed by atoms with E-state index in [1.54, 1.807) is 52.2 Å². The minimum absolute atomic E-state index is 0.0670. The number of nitrogens with one attached hydrogen (secondary N) is 2. The topological polar surface area (TPSA) is 62.2 Å². The first kappa shape index (κ1) is 24.5. The lowest BCUT2D eigenvalue weighted by atomic mass is 10.0. The molecule has 5 rings (SSSR count). The first-order valence-corrected chi connectivity index (χ1v) is 11.9. The molecular formula is C27H22F3N5OS. The molecule has 37 heavy (non-hydrogen) atoms. The molecule has 188 valence electrons. The number of pyridine rings is 1. The minimum Gasteiger partial charge on any atom is -0.352 e. The number of carbonyl (C=O) groups is 1. The van der Waals surface area contributed by atoms with Crippen molar-refractivity contribution in [3.63, 3.8) is 0 Å². The average Bonchev–Trinajstić information content (AvgIpc) is 3.49. The minimum atomic E-state index is -4.47. The molecule has 0 radical (unpaired) electrons. The predicted octanol–water partition coefficient (Wildman–Crippen LogP) is 5.50. The Balaban J connectivity index is 1.53. The van der Waals surface area contributed by atoms with Crippen molar-refractivity contribution < 1.29 is 18.0 Å². The molecule has 2 N–H and O–H groups in total. The van der Waals surface area contributed by atoms with Crippen LogP contribution in [0, 0.1) is 0 Å². The predicted molar refractivity (Wildman–Crippen MR) is 138 cm³/mol. The summed E-state index contributed by atoms with van der Waals surface area (Å²) in [7, 11) is 0. The average molecular weight is 522 g/mol. The van der Waals surface area contributed by atoms with E-state index in [-0.39, 0.29) is 12.5 Å². The molecule has 1 saturated heterocycles. The lowest BCUT2D eigenvalue weighted by Gasteiger charge is -2.28. The summed E-state index contributed by atoms with van der Waals surface area (Å²) in [4.78, 5) is 19.2. The molecule has 0 bridgehead atoms. The third-order valence-electron chi connectivity index (χ3n) is 6.10. The van der Waals surface area contributed by atoms with Crippen molar-refractivity contribution in [2.75, 3.05) is 11.9 Å². The van der Waals surface area contributed by atoms with Gasteiger partial charge in [-0.1, -0.05) is 30.3 Å². The molecule has 4 aromatic rings. The zero-order chi connectivity index (χ0) is 26.0. The number of amides is 1. The summed E-state index contributed by atoms with van der Waals surface area (Å²) in [5.74, 6) is -0.279. The van der Waals surface area contributed by atoms with Crippen LogP contribution in [-0.2, 0) is 11.0 Å². The largest absolute Gasteiger partial charge is 0.416 e. The van der Waals surface area contributed by atoms with Crippen LogP contribution in [0.5, 0.6) is 0 Å². The Morgan fingerprint density at radius 1 is 1.00 bits per heavy atom. The number of carbonyl (C=O) groups excluding carboxylic acids is 1. The van der Waals surface area contributed by atoms with E-state index in [1.807, 2.05) is 36.4 Å². The molecule has 2 atom stereocenters. The van der Waals surface area contributed by atoms with Crippen LogP contribution in [0.15, 0.2) is 97.3 Å². The van der Waals surface area contributed by atoms with E-state index in [0.29, 0.717) is 27.9 Å². The first-order chi connectivity index (χ1) is 17.8. The fourth-order valence-corrected chi connectivity index (χ4v) is 4.78. The SMILES string of the molecule is O=C(CN1C(=S)N[C@@H](c2ccccn2)[C@H]1c1cccn1-c1cccc(C(F)(F)F)c1)Nc1ccccc1. The van der Waals surface area contributed by atoms with Gasteiger partial charge in [0.2, 0.25) is 5.91 Å². The highest BCUT2D eigenvalue weighted by Crippen LogP contribution is 2.40. The van der Waals surface area contributed by atoms with Crippen LogP contribution in [0.3, 0.4) is 0 Å². The Bertz CT molecular complexity index is 1410. The van der Waals surface area contributed by atoms with E-state index in [4.69, 9.17) is 12.2 Å². The Kier molecular flexibility index (Phi) is 6.66. The number of halogens is 3. The van der Waals surface area contributed by atoms with Crippen molar-refractivity contribution in [3.8, 4) is 5.69 Å². The molecule has 0 unspecified atom stereocenters. The highest BCUT2D eigenvalue weighted by molar-refractivity contribution is 7.80. The van der Waals surface area contributed by atoms with Crippen molar-refractivity contribution >= 4 is 28.9 Å². The first-order valence-electron chi connectivity index (χ1n) is 11.5. The molecule has 1 aliphatic heterocycles. The maximum atomic E-state index is 13.4. The van der Waals surface area contributed by atoms with Gasteiger partial charge in [-0.2, -0.15) is 13.2 Å². The zero-order valence-corrected chi connectivity index (χ0v) is 20.2. The lowest BCUT2D eigenvalue weighted by Crippen LogP contribution is -2.37. The third-order valence-corrected chi connectivity index (χ3v) is 6.46. The second-order valence-corrected chi connectivity index (χ2v) is 8.91. The van der Waals surface area contributed by atoms with E-state index in [2.05, 4.69) is 15.6 Å². The number of anilines is 1. The summed E-state index contributed by atoms with van der Waals surface area (Å²) >= 11 is 5.63. The van der Waals surface area contributed by atoms with Crippen LogP contribution in [0.1, 0.15) is 29.0 Å². The zero-order valence-electron chi connectivity index (χ0n) is 19.4. The summed E-state index contributed by atoms with van der Waals surface area (Å²) in [6.07, 6.45) is -1.12. The van der Waals surface area contributed by atoms with Gasteiger partial charge in [0.05, 0.1) is 23.3 Å². The van der Waals surface area contributed by atoms with Crippen molar-refractivity contribution in [1.29, 1.82) is 0 Å². The van der Waals surface area contributed by atoms with E-state index < -0.39 is 23.8 Å². The second kappa shape index (κ2) is 10.1. The number of thiocarbonyl (C=S) groups is 1. The van der Waals surface area contributed by atoms with Gasteiger partial charge in [0.25, 0.3) is 0 Å². The van der Waals surface area contributed by atoms with Gasteiger partial charge in [-0.25, -0.2) is 0 Å². The number of aromatic nitrogens is 2. The maximum absolute atomic E-state index is 13.4. The van der Waals surface area contributed by atoms with Crippen LogP contribution in [-0.4, -0.2) is 32.0 Å². The Morgan fingerprint density at radius 3 is 2.51 bits per heavy atom. The monoisotopic (exact) mass is 521 g/mol. The quantitative estimate of drug-likeness (QED) is 0.328. The van der Waals surface area contributed by atoms with Crippen LogP contribution in [0.4, 0.5) is 18.9 Å². The molecule has 0 aliphatic carbocycles. The number of benzene rings is 2. The molecule has 10 heteroatoms. The molecule has 3 heterocycles. The van der Waals surface area contributed by atoms with Crippen molar-refractivity contribution in [1.82, 2.24) is 19.8 Å². The number of para-hydroxylation sites is 1. The van der Waals surface area contributed by atoms with Gasteiger partial charge in [0.15, 0.2) is 5.11 Å². The molecule has 1 aliphatic rings. The van der Waals surface area contributed by atoms with Crippen LogP contribution < -0.4 is 10.6 Å². The van der Waals surface area contributed by atoms with E-state index >= 15 is 0 Å². The summed E-state index contributed by atoms with van der Waals surface area (Å²) < 4.78 is 42.0. The molecule has 1 amide bonds. The van der Waals surface area contributed by atoms with Crippen molar-refractivity contribution in [3.05, 3.63) is 114 Å². The number of hydrogen-bond donors (Lipinski definition) is 2. The van der Waals surface area contributed by atoms with E-state index in [9.17, 15) is 18.0 Å². The van der Waals surface area contributed by atoms with Crippen molar-refractivity contribution in [2.45, 2.75) is 18.3 Å². The van der Waals surface area contributed by atoms with Gasteiger partial charge in [0.1, 0.15) is 6.54 Å². The smallest absolute Gasteiger partial charge is 0.352 e. The molecular weight excluding hydrogens is 499 g/mol. The maximum Gasteiger partial charge on any atom is 0.416 e. The molecule has 0 saturated carbocycles. The lowest BCUT2D eigenvalue weighted by molar-refractivity contribution is -0.137. The third kappa shape index (κ3) is 5.19.